The Balaban J connectivity index is 1.50. The Hall–Kier alpha value is -4.37. The number of para-hydroxylation sites is 1. The van der Waals surface area contributed by atoms with Crippen LogP contribution in [0.2, 0.25) is 0 Å². The second-order valence-electron chi connectivity index (χ2n) is 9.64. The van der Waals surface area contributed by atoms with Gasteiger partial charge in [0, 0.05) is 25.2 Å². The minimum atomic E-state index is -0.332. The summed E-state index contributed by atoms with van der Waals surface area (Å²) >= 11 is 0. The van der Waals surface area contributed by atoms with E-state index in [9.17, 15) is 9.59 Å². The summed E-state index contributed by atoms with van der Waals surface area (Å²) in [5.41, 5.74) is 4.01. The molecule has 0 amide bonds. The van der Waals surface area contributed by atoms with Crippen LogP contribution >= 0.6 is 0 Å². The van der Waals surface area contributed by atoms with Gasteiger partial charge in [-0.1, -0.05) is 24.3 Å². The lowest BCUT2D eigenvalue weighted by Gasteiger charge is -2.19. The van der Waals surface area contributed by atoms with Crippen LogP contribution in [-0.4, -0.2) is 57.5 Å². The average Bonchev–Trinajstić information content (AvgIpc) is 3.50. The number of nitrogens with one attached hydrogen (secondary N) is 2. The molecule has 6 bridgehead atoms. The second kappa shape index (κ2) is 8.35. The van der Waals surface area contributed by atoms with Gasteiger partial charge in [-0.25, -0.2) is 4.98 Å². The smallest absolute Gasteiger partial charge is 0.275 e. The van der Waals surface area contributed by atoms with Crippen molar-refractivity contribution in [2.24, 2.45) is 0 Å². The third kappa shape index (κ3) is 3.62. The van der Waals surface area contributed by atoms with E-state index in [4.69, 9.17) is 14.5 Å². The van der Waals surface area contributed by atoms with Gasteiger partial charge in [-0.2, -0.15) is 0 Å². The Morgan fingerprint density at radius 2 is 1.92 bits per heavy atom. The number of rotatable bonds is 2. The second-order valence-corrected chi connectivity index (χ2v) is 9.64. The van der Waals surface area contributed by atoms with Crippen LogP contribution in [0, 0.1) is 0 Å². The molecule has 3 aromatic carbocycles. The molecule has 7 rings (SSSR count). The number of hydrogen-bond donors (Lipinski definition) is 2. The maximum absolute atomic E-state index is 13.4. The lowest BCUT2D eigenvalue weighted by Crippen LogP contribution is -2.30. The SMILES string of the molecule is COc1cccc(-c2cc3c4nc(c(=O)[nH]c4c2)-c2cccc4c(=O)n([nH]c24)CCN2CC[C@@H](C2)O3)c1. The van der Waals surface area contributed by atoms with Crippen molar-refractivity contribution in [3.8, 4) is 33.9 Å². The van der Waals surface area contributed by atoms with Crippen molar-refractivity contribution in [2.45, 2.75) is 19.1 Å². The minimum absolute atomic E-state index is 0.0253. The molecule has 186 valence electrons. The van der Waals surface area contributed by atoms with Crippen molar-refractivity contribution in [3.05, 3.63) is 75.3 Å². The summed E-state index contributed by atoms with van der Waals surface area (Å²) in [6.45, 7) is 2.89. The maximum Gasteiger partial charge on any atom is 0.275 e. The van der Waals surface area contributed by atoms with Crippen molar-refractivity contribution in [1.82, 2.24) is 24.6 Å². The van der Waals surface area contributed by atoms with Gasteiger partial charge in [0.2, 0.25) is 0 Å². The average molecular weight is 496 g/mol. The maximum atomic E-state index is 13.4. The lowest BCUT2D eigenvalue weighted by atomic mass is 10.0. The van der Waals surface area contributed by atoms with Gasteiger partial charge >= 0.3 is 0 Å². The molecule has 37 heavy (non-hydrogen) atoms. The van der Waals surface area contributed by atoms with Gasteiger partial charge in [0.15, 0.2) is 0 Å². The van der Waals surface area contributed by atoms with E-state index in [1.807, 2.05) is 42.5 Å². The number of aromatic nitrogens is 4. The van der Waals surface area contributed by atoms with Gasteiger partial charge in [0.05, 0.1) is 30.1 Å². The summed E-state index contributed by atoms with van der Waals surface area (Å²) in [6, 6.07) is 17.1. The van der Waals surface area contributed by atoms with Crippen LogP contribution in [0.3, 0.4) is 0 Å². The number of methoxy groups -OCH3 is 1. The van der Waals surface area contributed by atoms with Crippen LogP contribution in [0.15, 0.2) is 64.2 Å². The van der Waals surface area contributed by atoms with E-state index < -0.39 is 0 Å². The fourth-order valence-electron chi connectivity index (χ4n) is 5.46. The van der Waals surface area contributed by atoms with Crippen LogP contribution in [0.5, 0.6) is 11.5 Å². The molecule has 2 N–H and O–H groups in total. The van der Waals surface area contributed by atoms with E-state index in [1.54, 1.807) is 23.9 Å². The fourth-order valence-corrected chi connectivity index (χ4v) is 5.46. The van der Waals surface area contributed by atoms with Gasteiger partial charge in [-0.3, -0.25) is 24.3 Å². The first-order valence-electron chi connectivity index (χ1n) is 12.4. The highest BCUT2D eigenvalue weighted by Crippen LogP contribution is 2.34. The molecule has 1 fully saturated rings. The van der Waals surface area contributed by atoms with Crippen molar-refractivity contribution in [2.75, 3.05) is 26.7 Å². The summed E-state index contributed by atoms with van der Waals surface area (Å²) in [4.78, 5) is 36.6. The summed E-state index contributed by atoms with van der Waals surface area (Å²) in [5.74, 6) is 1.37. The van der Waals surface area contributed by atoms with E-state index in [2.05, 4.69) is 15.0 Å². The van der Waals surface area contributed by atoms with Crippen molar-refractivity contribution < 1.29 is 9.47 Å². The molecule has 9 heteroatoms. The van der Waals surface area contributed by atoms with E-state index >= 15 is 0 Å². The third-order valence-electron chi connectivity index (χ3n) is 7.37. The highest BCUT2D eigenvalue weighted by atomic mass is 16.5. The molecule has 2 aliphatic rings. The molecule has 1 saturated heterocycles. The minimum Gasteiger partial charge on any atom is -0.497 e. The van der Waals surface area contributed by atoms with E-state index in [0.29, 0.717) is 39.8 Å². The Morgan fingerprint density at radius 1 is 1.03 bits per heavy atom. The summed E-state index contributed by atoms with van der Waals surface area (Å²) in [5, 5.41) is 3.78. The molecular formula is C28H25N5O4. The molecule has 0 radical (unpaired) electrons. The Labute approximate surface area is 211 Å². The number of aromatic amines is 2. The summed E-state index contributed by atoms with van der Waals surface area (Å²) < 4.78 is 13.6. The molecule has 0 spiro atoms. The zero-order valence-corrected chi connectivity index (χ0v) is 20.3. The number of hydrogen-bond acceptors (Lipinski definition) is 6. The van der Waals surface area contributed by atoms with Crippen LogP contribution in [0.25, 0.3) is 44.3 Å². The number of nitrogens with zero attached hydrogens (tertiary/aromatic N) is 3. The van der Waals surface area contributed by atoms with Crippen LogP contribution in [0.4, 0.5) is 0 Å². The van der Waals surface area contributed by atoms with Gasteiger partial charge in [0.1, 0.15) is 28.8 Å². The first-order chi connectivity index (χ1) is 18.1. The van der Waals surface area contributed by atoms with Gasteiger partial charge < -0.3 is 14.5 Å². The standard InChI is InChI=1S/C28H25N5O4/c1-36-18-5-2-4-16(12-18)17-13-22-26-23(14-17)37-19-8-9-32(15-19)10-11-33-28(35)21-7-3-6-20(24(21)31-33)25(30-26)27(34)29-22/h2-7,12-14,19,31H,8-11,15H2,1H3,(H,29,34)/t19-/m0/s1. The van der Waals surface area contributed by atoms with Gasteiger partial charge in [-0.05, 0) is 47.9 Å². The Kier molecular flexibility index (Phi) is 4.93. The van der Waals surface area contributed by atoms with Crippen LogP contribution in [0.1, 0.15) is 6.42 Å². The predicted octanol–water partition coefficient (Wildman–Crippen LogP) is 3.38. The number of H-pyrrole nitrogens is 2. The zero-order chi connectivity index (χ0) is 25.1. The molecule has 2 aromatic heterocycles. The lowest BCUT2D eigenvalue weighted by molar-refractivity contribution is 0.199. The Bertz CT molecular complexity index is 1800. The molecule has 1 unspecified atom stereocenters. The topological polar surface area (TPSA) is 105 Å². The number of benzene rings is 3. The monoisotopic (exact) mass is 495 g/mol. The largest absolute Gasteiger partial charge is 0.497 e. The van der Waals surface area contributed by atoms with Crippen LogP contribution < -0.4 is 20.6 Å². The quantitative estimate of drug-likeness (QED) is 0.389. The highest BCUT2D eigenvalue weighted by molar-refractivity contribution is 5.94. The third-order valence-corrected chi connectivity index (χ3v) is 7.37. The zero-order valence-electron chi connectivity index (χ0n) is 20.3. The Morgan fingerprint density at radius 3 is 2.81 bits per heavy atom. The van der Waals surface area contributed by atoms with Crippen molar-refractivity contribution in [1.29, 1.82) is 0 Å². The molecule has 2 atom stereocenters. The van der Waals surface area contributed by atoms with Crippen molar-refractivity contribution >= 4 is 21.9 Å². The molecule has 9 nitrogen and oxygen atoms in total. The van der Waals surface area contributed by atoms with E-state index in [1.165, 1.54) is 0 Å². The van der Waals surface area contributed by atoms with Crippen molar-refractivity contribution in [3.63, 3.8) is 0 Å². The molecule has 5 aromatic rings. The molecular weight excluding hydrogens is 470 g/mol. The molecule has 2 aliphatic heterocycles. The first kappa shape index (κ1) is 21.9. The van der Waals surface area contributed by atoms with Gasteiger partial charge in [0.25, 0.3) is 11.1 Å². The van der Waals surface area contributed by atoms with E-state index in [0.717, 1.165) is 42.9 Å². The summed E-state index contributed by atoms with van der Waals surface area (Å²) in [7, 11) is 1.64. The normalized spacial score (nSPS) is 18.8. The molecule has 4 heterocycles. The number of ether oxygens (including phenoxy) is 2. The van der Waals surface area contributed by atoms with E-state index in [-0.39, 0.29) is 22.9 Å². The van der Waals surface area contributed by atoms with Crippen LogP contribution in [-0.2, 0) is 6.54 Å². The number of fused-ring (bicyclic) bond motifs is 5. The predicted molar refractivity (Wildman–Crippen MR) is 141 cm³/mol. The first-order valence-corrected chi connectivity index (χ1v) is 12.4. The fraction of sp³-hybridized carbons (Fsp3) is 0.250. The summed E-state index contributed by atoms with van der Waals surface area (Å²) in [6.07, 6.45) is 0.841. The highest BCUT2D eigenvalue weighted by Gasteiger charge is 2.26. The van der Waals surface area contributed by atoms with Gasteiger partial charge in [-0.15, -0.1) is 0 Å². The molecule has 0 aliphatic carbocycles. The molecule has 0 saturated carbocycles.